The molecule has 0 aliphatic heterocycles. The average molecular weight is 527 g/mol. The SMILES string of the molecule is O=C(CN(CCc1ccccc1)S(=O)(=O)c1ccc(Br)cc1)Nc1ccc(F)c(F)c1F. The highest BCUT2D eigenvalue weighted by Gasteiger charge is 2.27. The third-order valence-corrected chi connectivity index (χ3v) is 6.96. The van der Waals surface area contributed by atoms with Gasteiger partial charge in [0.1, 0.15) is 0 Å². The molecule has 0 aliphatic carbocycles. The summed E-state index contributed by atoms with van der Waals surface area (Å²) in [7, 11) is -4.08. The second-order valence-electron chi connectivity index (χ2n) is 6.80. The van der Waals surface area contributed by atoms with E-state index in [1.54, 1.807) is 12.1 Å². The van der Waals surface area contributed by atoms with Gasteiger partial charge in [-0.2, -0.15) is 4.31 Å². The predicted molar refractivity (Wildman–Crippen MR) is 118 cm³/mol. The molecule has 0 saturated carbocycles. The van der Waals surface area contributed by atoms with Gasteiger partial charge in [0.2, 0.25) is 15.9 Å². The number of hydrogen-bond donors (Lipinski definition) is 1. The first-order chi connectivity index (χ1) is 15.2. The molecule has 0 heterocycles. The van der Waals surface area contributed by atoms with E-state index in [0.29, 0.717) is 17.0 Å². The van der Waals surface area contributed by atoms with Crippen LogP contribution >= 0.6 is 15.9 Å². The maximum absolute atomic E-state index is 13.9. The Balaban J connectivity index is 1.83. The molecule has 168 valence electrons. The summed E-state index contributed by atoms with van der Waals surface area (Å²) in [5.41, 5.74) is 0.272. The largest absolute Gasteiger partial charge is 0.322 e. The van der Waals surface area contributed by atoms with E-state index < -0.39 is 45.6 Å². The van der Waals surface area contributed by atoms with Crippen LogP contribution in [0.4, 0.5) is 18.9 Å². The number of rotatable bonds is 8. The molecule has 32 heavy (non-hydrogen) atoms. The van der Waals surface area contributed by atoms with Crippen molar-refractivity contribution in [3.8, 4) is 0 Å². The van der Waals surface area contributed by atoms with Gasteiger partial charge in [-0.15, -0.1) is 0 Å². The molecule has 0 bridgehead atoms. The molecule has 0 aromatic heterocycles. The predicted octanol–water partition coefficient (Wildman–Crippen LogP) is 4.74. The van der Waals surface area contributed by atoms with Crippen LogP contribution in [0.25, 0.3) is 0 Å². The van der Waals surface area contributed by atoms with Crippen molar-refractivity contribution in [2.75, 3.05) is 18.4 Å². The Morgan fingerprint density at radius 2 is 1.56 bits per heavy atom. The highest BCUT2D eigenvalue weighted by molar-refractivity contribution is 9.10. The lowest BCUT2D eigenvalue weighted by atomic mass is 10.1. The number of nitrogens with one attached hydrogen (secondary N) is 1. The minimum absolute atomic E-state index is 0.0273. The second kappa shape index (κ2) is 10.3. The Hall–Kier alpha value is -2.69. The van der Waals surface area contributed by atoms with Crippen LogP contribution in [0.3, 0.4) is 0 Å². The molecule has 0 radical (unpaired) electrons. The summed E-state index contributed by atoms with van der Waals surface area (Å²) in [5.74, 6) is -5.59. The standard InChI is InChI=1S/C22H18BrF3N2O3S/c23-16-6-8-17(9-7-16)32(30,31)28(13-12-15-4-2-1-3-5-15)14-20(29)27-19-11-10-18(24)21(25)22(19)26/h1-11H,12-14H2,(H,27,29). The van der Waals surface area contributed by atoms with Gasteiger partial charge in [0.15, 0.2) is 17.5 Å². The van der Waals surface area contributed by atoms with E-state index in [9.17, 15) is 26.4 Å². The molecule has 3 aromatic rings. The average Bonchev–Trinajstić information content (AvgIpc) is 2.78. The van der Waals surface area contributed by atoms with Crippen molar-refractivity contribution < 1.29 is 26.4 Å². The second-order valence-corrected chi connectivity index (χ2v) is 9.65. The van der Waals surface area contributed by atoms with Crippen molar-refractivity contribution in [2.45, 2.75) is 11.3 Å². The maximum atomic E-state index is 13.9. The van der Waals surface area contributed by atoms with Gasteiger partial charge in [-0.25, -0.2) is 21.6 Å². The zero-order valence-electron chi connectivity index (χ0n) is 16.6. The Morgan fingerprint density at radius 3 is 2.22 bits per heavy atom. The summed E-state index contributed by atoms with van der Waals surface area (Å²) in [5, 5.41) is 2.11. The number of halogens is 4. The lowest BCUT2D eigenvalue weighted by molar-refractivity contribution is -0.116. The van der Waals surface area contributed by atoms with Crippen LogP contribution in [-0.2, 0) is 21.2 Å². The van der Waals surface area contributed by atoms with Gasteiger partial charge >= 0.3 is 0 Å². The minimum atomic E-state index is -4.08. The van der Waals surface area contributed by atoms with Crippen molar-refractivity contribution in [2.24, 2.45) is 0 Å². The van der Waals surface area contributed by atoms with Gasteiger partial charge in [-0.1, -0.05) is 46.3 Å². The van der Waals surface area contributed by atoms with Crippen molar-refractivity contribution in [1.29, 1.82) is 0 Å². The van der Waals surface area contributed by atoms with Crippen LogP contribution in [0, 0.1) is 17.5 Å². The lowest BCUT2D eigenvalue weighted by Gasteiger charge is -2.22. The first kappa shape index (κ1) is 24.0. The molecule has 1 N–H and O–H groups in total. The Bertz CT molecular complexity index is 1210. The van der Waals surface area contributed by atoms with E-state index in [2.05, 4.69) is 21.2 Å². The van der Waals surface area contributed by atoms with Crippen LogP contribution in [0.2, 0.25) is 0 Å². The Kier molecular flexibility index (Phi) is 7.70. The molecule has 0 atom stereocenters. The molecule has 0 unspecified atom stereocenters. The number of carbonyl (C=O) groups excluding carboxylic acids is 1. The molecule has 1 amide bonds. The first-order valence-electron chi connectivity index (χ1n) is 9.41. The summed E-state index contributed by atoms with van der Waals surface area (Å²) in [6.45, 7) is -0.681. The topological polar surface area (TPSA) is 66.5 Å². The third kappa shape index (κ3) is 5.76. The van der Waals surface area contributed by atoms with Gasteiger partial charge in [0, 0.05) is 11.0 Å². The van der Waals surface area contributed by atoms with E-state index in [1.165, 1.54) is 12.1 Å². The van der Waals surface area contributed by atoms with E-state index in [1.807, 2.05) is 30.3 Å². The fourth-order valence-corrected chi connectivity index (χ4v) is 4.57. The Labute approximate surface area is 192 Å². The smallest absolute Gasteiger partial charge is 0.243 e. The van der Waals surface area contributed by atoms with Crippen LogP contribution in [0.15, 0.2) is 76.1 Å². The van der Waals surface area contributed by atoms with Crippen molar-refractivity contribution in [1.82, 2.24) is 4.31 Å². The van der Waals surface area contributed by atoms with Gasteiger partial charge in [-0.05, 0) is 48.4 Å². The van der Waals surface area contributed by atoms with E-state index in [-0.39, 0.29) is 11.4 Å². The molecule has 0 aliphatic rings. The number of sulfonamides is 1. The zero-order valence-corrected chi connectivity index (χ0v) is 19.0. The third-order valence-electron chi connectivity index (χ3n) is 4.57. The number of carbonyl (C=O) groups is 1. The fourth-order valence-electron chi connectivity index (χ4n) is 2.91. The molecule has 0 fully saturated rings. The van der Waals surface area contributed by atoms with Gasteiger partial charge < -0.3 is 5.32 Å². The molecule has 10 heteroatoms. The monoisotopic (exact) mass is 526 g/mol. The summed E-state index contributed by atoms with van der Waals surface area (Å²) < 4.78 is 68.4. The van der Waals surface area contributed by atoms with Crippen molar-refractivity contribution in [3.05, 3.63) is 94.2 Å². The quantitative estimate of drug-likeness (QED) is 0.431. The Morgan fingerprint density at radius 1 is 0.906 bits per heavy atom. The summed E-state index contributed by atoms with van der Waals surface area (Å²) in [6, 6.07) is 16.5. The number of hydrogen-bond acceptors (Lipinski definition) is 3. The van der Waals surface area contributed by atoms with E-state index in [4.69, 9.17) is 0 Å². The highest BCUT2D eigenvalue weighted by atomic mass is 79.9. The molecule has 5 nitrogen and oxygen atoms in total. The van der Waals surface area contributed by atoms with Crippen molar-refractivity contribution >= 4 is 37.5 Å². The first-order valence-corrected chi connectivity index (χ1v) is 11.6. The number of amides is 1. The number of anilines is 1. The summed E-state index contributed by atoms with van der Waals surface area (Å²) in [6.07, 6.45) is 0.323. The zero-order chi connectivity index (χ0) is 23.3. The molecule has 0 saturated heterocycles. The normalized spacial score (nSPS) is 11.5. The molecule has 3 aromatic carbocycles. The van der Waals surface area contributed by atoms with Crippen molar-refractivity contribution in [3.63, 3.8) is 0 Å². The van der Waals surface area contributed by atoms with E-state index in [0.717, 1.165) is 15.9 Å². The molecular formula is C22H18BrF3N2O3S. The lowest BCUT2D eigenvalue weighted by Crippen LogP contribution is -2.39. The van der Waals surface area contributed by atoms with Gasteiger partial charge in [0.25, 0.3) is 0 Å². The van der Waals surface area contributed by atoms with E-state index >= 15 is 0 Å². The number of nitrogens with zero attached hydrogens (tertiary/aromatic N) is 1. The minimum Gasteiger partial charge on any atom is -0.322 e. The van der Waals surface area contributed by atoms with Gasteiger partial charge in [0.05, 0.1) is 17.1 Å². The van der Waals surface area contributed by atoms with Gasteiger partial charge in [-0.3, -0.25) is 4.79 Å². The van der Waals surface area contributed by atoms with Crippen LogP contribution in [0.5, 0.6) is 0 Å². The molecule has 0 spiro atoms. The molecular weight excluding hydrogens is 509 g/mol. The summed E-state index contributed by atoms with van der Waals surface area (Å²) in [4.78, 5) is 12.5. The van der Waals surface area contributed by atoms with Crippen LogP contribution in [0.1, 0.15) is 5.56 Å². The van der Waals surface area contributed by atoms with Crippen LogP contribution in [-0.4, -0.2) is 31.7 Å². The fraction of sp³-hybridized carbons (Fsp3) is 0.136. The molecule has 3 rings (SSSR count). The highest BCUT2D eigenvalue weighted by Crippen LogP contribution is 2.22. The summed E-state index contributed by atoms with van der Waals surface area (Å²) >= 11 is 3.24. The number of benzene rings is 3. The maximum Gasteiger partial charge on any atom is 0.243 e. The van der Waals surface area contributed by atoms with Crippen LogP contribution < -0.4 is 5.32 Å².